The Hall–Kier alpha value is -2.31. The van der Waals surface area contributed by atoms with Crippen LogP contribution in [0.3, 0.4) is 0 Å². The lowest BCUT2D eigenvalue weighted by Gasteiger charge is -2.22. The maximum absolute atomic E-state index is 11.8. The van der Waals surface area contributed by atoms with Gasteiger partial charge < -0.3 is 14.5 Å². The Labute approximate surface area is 135 Å². The molecule has 2 aromatic rings. The summed E-state index contributed by atoms with van der Waals surface area (Å²) in [5.74, 6) is 0.845. The van der Waals surface area contributed by atoms with E-state index in [2.05, 4.69) is 15.6 Å². The predicted molar refractivity (Wildman–Crippen MR) is 82.8 cm³/mol. The number of alkyl carbamates (subject to hydrolysis) is 1. The molecule has 3 rings (SSSR count). The van der Waals surface area contributed by atoms with E-state index in [-0.39, 0.29) is 18.7 Å². The van der Waals surface area contributed by atoms with Crippen molar-refractivity contribution < 1.29 is 13.9 Å². The maximum atomic E-state index is 11.8. The van der Waals surface area contributed by atoms with Crippen molar-refractivity contribution in [3.63, 3.8) is 0 Å². The molecule has 1 amide bonds. The summed E-state index contributed by atoms with van der Waals surface area (Å²) in [4.78, 5) is 11.8. The topological polar surface area (TPSA) is 82.2 Å². The molecule has 1 fully saturated rings. The number of rotatable bonds is 5. The highest BCUT2D eigenvalue weighted by atomic mass is 16.5. The van der Waals surface area contributed by atoms with Crippen LogP contribution >= 0.6 is 0 Å². The second kappa shape index (κ2) is 7.30. The van der Waals surface area contributed by atoms with E-state index in [0.29, 0.717) is 12.2 Å². The molecule has 0 unspecified atom stereocenters. The molecule has 1 N–H and O–H groups in total. The number of carbonyl (C=O) groups is 1. The molecule has 1 aliphatic carbocycles. The number of furan rings is 1. The third-order valence-electron chi connectivity index (χ3n) is 4.14. The van der Waals surface area contributed by atoms with E-state index in [4.69, 9.17) is 9.15 Å². The Morgan fingerprint density at radius 2 is 2.26 bits per heavy atom. The van der Waals surface area contributed by atoms with Gasteiger partial charge in [-0.25, -0.2) is 9.48 Å². The quantitative estimate of drug-likeness (QED) is 0.916. The van der Waals surface area contributed by atoms with Gasteiger partial charge in [-0.15, -0.1) is 5.10 Å². The molecule has 2 aromatic heterocycles. The van der Waals surface area contributed by atoms with Crippen molar-refractivity contribution in [1.82, 2.24) is 20.3 Å². The van der Waals surface area contributed by atoms with Gasteiger partial charge in [-0.05, 0) is 31.4 Å². The normalized spacial score (nSPS) is 15.5. The molecule has 0 bridgehead atoms. The zero-order valence-corrected chi connectivity index (χ0v) is 13.3. The molecular weight excluding hydrogens is 296 g/mol. The minimum atomic E-state index is -0.381. The van der Waals surface area contributed by atoms with Crippen LogP contribution in [0.15, 0.2) is 22.9 Å². The SMILES string of the molecule is Cc1ccoc1Cn1cc(COC(=O)NC2CCCCC2)nn1. The first kappa shape index (κ1) is 15.6. The van der Waals surface area contributed by atoms with Crippen molar-refractivity contribution in [2.24, 2.45) is 0 Å². The predicted octanol–water partition coefficient (Wildman–Crippen LogP) is 2.79. The summed E-state index contributed by atoms with van der Waals surface area (Å²) in [6.45, 7) is 2.62. The molecule has 7 heteroatoms. The van der Waals surface area contributed by atoms with Crippen molar-refractivity contribution in [1.29, 1.82) is 0 Å². The largest absolute Gasteiger partial charge is 0.467 e. The molecule has 0 aliphatic heterocycles. The summed E-state index contributed by atoms with van der Waals surface area (Å²) in [6.07, 6.45) is 8.70. The molecule has 0 aromatic carbocycles. The van der Waals surface area contributed by atoms with Crippen LogP contribution in [0.1, 0.15) is 49.1 Å². The first-order chi connectivity index (χ1) is 11.2. The van der Waals surface area contributed by atoms with Crippen molar-refractivity contribution >= 4 is 6.09 Å². The van der Waals surface area contributed by atoms with Crippen LogP contribution in [0.5, 0.6) is 0 Å². The van der Waals surface area contributed by atoms with E-state index in [9.17, 15) is 4.79 Å². The Balaban J connectivity index is 1.45. The molecular formula is C16H22N4O3. The van der Waals surface area contributed by atoms with Gasteiger partial charge in [-0.3, -0.25) is 0 Å². The van der Waals surface area contributed by atoms with Gasteiger partial charge in [0.25, 0.3) is 0 Å². The lowest BCUT2D eigenvalue weighted by Crippen LogP contribution is -2.36. The summed E-state index contributed by atoms with van der Waals surface area (Å²) in [7, 11) is 0. The van der Waals surface area contributed by atoms with E-state index < -0.39 is 0 Å². The Kier molecular flexibility index (Phi) is 4.95. The van der Waals surface area contributed by atoms with E-state index >= 15 is 0 Å². The number of amides is 1. The lowest BCUT2D eigenvalue weighted by atomic mass is 9.96. The molecule has 7 nitrogen and oxygen atoms in total. The molecule has 0 saturated heterocycles. The average Bonchev–Trinajstić information content (AvgIpc) is 3.16. The van der Waals surface area contributed by atoms with Crippen LogP contribution in [0.4, 0.5) is 4.79 Å². The van der Waals surface area contributed by atoms with Gasteiger partial charge in [0, 0.05) is 6.04 Å². The number of carbonyl (C=O) groups excluding carboxylic acids is 1. The van der Waals surface area contributed by atoms with E-state index in [1.54, 1.807) is 17.1 Å². The molecule has 0 atom stereocenters. The van der Waals surface area contributed by atoms with Gasteiger partial charge in [-0.2, -0.15) is 0 Å². The number of nitrogens with one attached hydrogen (secondary N) is 1. The van der Waals surface area contributed by atoms with Crippen molar-refractivity contribution in [2.75, 3.05) is 0 Å². The highest BCUT2D eigenvalue weighted by Crippen LogP contribution is 2.17. The highest BCUT2D eigenvalue weighted by molar-refractivity contribution is 5.67. The van der Waals surface area contributed by atoms with Crippen LogP contribution in [0, 0.1) is 6.92 Å². The van der Waals surface area contributed by atoms with Crippen LogP contribution in [0.25, 0.3) is 0 Å². The van der Waals surface area contributed by atoms with Gasteiger partial charge in [0.05, 0.1) is 12.5 Å². The second-order valence-corrected chi connectivity index (χ2v) is 5.99. The van der Waals surface area contributed by atoms with Crippen LogP contribution in [-0.2, 0) is 17.9 Å². The average molecular weight is 318 g/mol. The Morgan fingerprint density at radius 3 is 3.00 bits per heavy atom. The van der Waals surface area contributed by atoms with Gasteiger partial charge in [0.15, 0.2) is 0 Å². The van der Waals surface area contributed by atoms with Crippen LogP contribution in [0.2, 0.25) is 0 Å². The molecule has 2 heterocycles. The Bertz CT molecular complexity index is 643. The summed E-state index contributed by atoms with van der Waals surface area (Å²) < 4.78 is 12.3. The number of ether oxygens (including phenoxy) is 1. The minimum absolute atomic E-state index is 0.121. The van der Waals surface area contributed by atoms with Crippen molar-refractivity contribution in [3.05, 3.63) is 35.5 Å². The number of hydrogen-bond donors (Lipinski definition) is 1. The van der Waals surface area contributed by atoms with Gasteiger partial charge >= 0.3 is 6.09 Å². The smallest absolute Gasteiger partial charge is 0.407 e. The molecule has 1 aliphatic rings. The zero-order valence-electron chi connectivity index (χ0n) is 13.3. The first-order valence-corrected chi connectivity index (χ1v) is 8.06. The summed E-state index contributed by atoms with van der Waals surface area (Å²) in [5, 5.41) is 10.9. The summed E-state index contributed by atoms with van der Waals surface area (Å²) in [6, 6.07) is 2.15. The van der Waals surface area contributed by atoms with Gasteiger partial charge in [0.2, 0.25) is 0 Å². The maximum Gasteiger partial charge on any atom is 0.407 e. The van der Waals surface area contributed by atoms with Crippen molar-refractivity contribution in [2.45, 2.75) is 58.2 Å². The number of aryl methyl sites for hydroxylation is 1. The zero-order chi connectivity index (χ0) is 16.1. The van der Waals surface area contributed by atoms with Gasteiger partial charge in [-0.1, -0.05) is 24.5 Å². The highest BCUT2D eigenvalue weighted by Gasteiger charge is 2.16. The fourth-order valence-corrected chi connectivity index (χ4v) is 2.79. The summed E-state index contributed by atoms with van der Waals surface area (Å²) in [5.41, 5.74) is 1.69. The van der Waals surface area contributed by atoms with E-state index in [1.807, 2.05) is 13.0 Å². The van der Waals surface area contributed by atoms with Crippen LogP contribution < -0.4 is 5.32 Å². The second-order valence-electron chi connectivity index (χ2n) is 5.99. The fourth-order valence-electron chi connectivity index (χ4n) is 2.79. The van der Waals surface area contributed by atoms with E-state index in [0.717, 1.165) is 24.2 Å². The number of nitrogens with zero attached hydrogens (tertiary/aromatic N) is 3. The molecule has 0 spiro atoms. The van der Waals surface area contributed by atoms with Crippen molar-refractivity contribution in [3.8, 4) is 0 Å². The fraction of sp³-hybridized carbons (Fsp3) is 0.562. The molecule has 124 valence electrons. The minimum Gasteiger partial charge on any atom is -0.467 e. The summed E-state index contributed by atoms with van der Waals surface area (Å²) >= 11 is 0. The third kappa shape index (κ3) is 4.34. The van der Waals surface area contributed by atoms with Crippen LogP contribution in [-0.4, -0.2) is 27.1 Å². The number of aromatic nitrogens is 3. The monoisotopic (exact) mass is 318 g/mol. The third-order valence-corrected chi connectivity index (χ3v) is 4.14. The standard InChI is InChI=1S/C16H22N4O3/c1-12-7-8-22-15(12)10-20-9-14(18-19-20)11-23-16(21)17-13-5-3-2-4-6-13/h7-9,13H,2-6,10-11H2,1H3,(H,17,21). The molecule has 23 heavy (non-hydrogen) atoms. The lowest BCUT2D eigenvalue weighted by molar-refractivity contribution is 0.131. The molecule has 0 radical (unpaired) electrons. The first-order valence-electron chi connectivity index (χ1n) is 8.06. The Morgan fingerprint density at radius 1 is 1.43 bits per heavy atom. The molecule has 1 saturated carbocycles. The van der Waals surface area contributed by atoms with Gasteiger partial charge in [0.1, 0.15) is 24.6 Å². The number of hydrogen-bond acceptors (Lipinski definition) is 5. The van der Waals surface area contributed by atoms with E-state index in [1.165, 1.54) is 19.3 Å².